The number of carboxylic acid groups (broad SMARTS) is 2. The minimum Gasteiger partial charge on any atom is -0.545 e. The maximum Gasteiger partial charge on any atom is 0.0730 e. The molecule has 1 saturated heterocycles. The number of hydrogen-bond donors (Lipinski definition) is 1. The lowest BCUT2D eigenvalue weighted by molar-refractivity contribution is -0.312. The number of rotatable bonds is 3. The minimum atomic E-state index is -1.68. The van der Waals surface area contributed by atoms with Crippen LogP contribution in [0, 0.1) is 5.92 Å². The van der Waals surface area contributed by atoms with Crippen LogP contribution < -0.4 is 15.5 Å². The highest BCUT2D eigenvalue weighted by Gasteiger charge is 2.12. The van der Waals surface area contributed by atoms with Crippen molar-refractivity contribution < 1.29 is 19.8 Å². The third-order valence-electron chi connectivity index (χ3n) is 2.23. The van der Waals surface area contributed by atoms with Gasteiger partial charge < -0.3 is 25.1 Å². The quantitative estimate of drug-likeness (QED) is 0.304. The predicted octanol–water partition coefficient (Wildman–Crippen LogP) is -2.59. The summed E-state index contributed by atoms with van der Waals surface area (Å²) in [6.45, 7) is 1.54. The third kappa shape index (κ3) is 2.85. The number of aliphatic carboxylic acids is 2. The van der Waals surface area contributed by atoms with Gasteiger partial charge in [0.1, 0.15) is 0 Å². The Balaban J connectivity index is 2.70. The molecule has 0 spiro atoms. The normalized spacial score (nSPS) is 17.4. The highest BCUT2D eigenvalue weighted by Crippen LogP contribution is 2.14. The summed E-state index contributed by atoms with van der Waals surface area (Å²) in [4.78, 5) is 20.8. The summed E-state index contributed by atoms with van der Waals surface area (Å²) in [6, 6.07) is 0. The average Bonchev–Trinajstić information content (AvgIpc) is 2.15. The minimum absolute atomic E-state index is 0.0120. The molecule has 1 aliphatic heterocycles. The molecule has 0 aromatic heterocycles. The van der Waals surface area contributed by atoms with E-state index >= 15 is 0 Å². The summed E-state index contributed by atoms with van der Waals surface area (Å²) in [5.74, 6) is -3.37. The second-order valence-electron chi connectivity index (χ2n) is 3.24. The topological polar surface area (TPSA) is 92.3 Å². The van der Waals surface area contributed by atoms with Crippen LogP contribution in [0.5, 0.6) is 0 Å². The van der Waals surface area contributed by atoms with Gasteiger partial charge in [-0.2, -0.15) is 0 Å². The van der Waals surface area contributed by atoms with Crippen molar-refractivity contribution in [1.29, 1.82) is 0 Å². The highest BCUT2D eigenvalue weighted by atomic mass is 16.4. The molecule has 1 heterocycles. The van der Waals surface area contributed by atoms with Gasteiger partial charge in [-0.3, -0.25) is 0 Å². The fraction of sp³-hybridized carbons (Fsp3) is 0.556. The summed E-state index contributed by atoms with van der Waals surface area (Å²) in [7, 11) is 0. The molecule has 14 heavy (non-hydrogen) atoms. The molecule has 78 valence electrons. The van der Waals surface area contributed by atoms with Gasteiger partial charge in [0.2, 0.25) is 0 Å². The molecule has 0 atom stereocenters. The van der Waals surface area contributed by atoms with Gasteiger partial charge in [-0.15, -0.1) is 0 Å². The Hall–Kier alpha value is -1.36. The second-order valence-corrected chi connectivity index (χ2v) is 3.24. The maximum atomic E-state index is 10.4. The van der Waals surface area contributed by atoms with Crippen LogP contribution in [0.1, 0.15) is 12.8 Å². The van der Waals surface area contributed by atoms with E-state index in [0.717, 1.165) is 25.9 Å². The van der Waals surface area contributed by atoms with E-state index in [1.54, 1.807) is 0 Å². The first-order valence-corrected chi connectivity index (χ1v) is 4.46. The molecule has 0 unspecified atom stereocenters. The van der Waals surface area contributed by atoms with E-state index < -0.39 is 17.5 Å². The Kier molecular flexibility index (Phi) is 3.64. The first-order chi connectivity index (χ1) is 6.61. The molecule has 0 saturated carbocycles. The third-order valence-corrected chi connectivity index (χ3v) is 2.23. The molecule has 5 heteroatoms. The summed E-state index contributed by atoms with van der Waals surface area (Å²) < 4.78 is 0. The lowest BCUT2D eigenvalue weighted by Gasteiger charge is -2.21. The van der Waals surface area contributed by atoms with Gasteiger partial charge in [0.25, 0.3) is 0 Å². The van der Waals surface area contributed by atoms with Gasteiger partial charge in [-0.05, 0) is 31.8 Å². The number of piperidine rings is 1. The molecule has 1 rings (SSSR count). The smallest absolute Gasteiger partial charge is 0.0730 e. The molecule has 0 radical (unpaired) electrons. The Morgan fingerprint density at radius 2 is 1.64 bits per heavy atom. The van der Waals surface area contributed by atoms with Crippen LogP contribution in [0.3, 0.4) is 0 Å². The van der Waals surface area contributed by atoms with Gasteiger partial charge >= 0.3 is 0 Å². The van der Waals surface area contributed by atoms with Crippen LogP contribution in [-0.2, 0) is 9.59 Å². The molecule has 1 fully saturated rings. The lowest BCUT2D eigenvalue weighted by Crippen LogP contribution is -2.37. The van der Waals surface area contributed by atoms with Crippen molar-refractivity contribution in [2.75, 3.05) is 13.1 Å². The van der Waals surface area contributed by atoms with Gasteiger partial charge in [0.05, 0.1) is 11.9 Å². The van der Waals surface area contributed by atoms with E-state index in [0.29, 0.717) is 0 Å². The Morgan fingerprint density at radius 1 is 1.14 bits per heavy atom. The maximum absolute atomic E-state index is 10.4. The first kappa shape index (κ1) is 10.7. The molecule has 0 aromatic rings. The van der Waals surface area contributed by atoms with Crippen LogP contribution in [0.25, 0.3) is 0 Å². The molecule has 1 N–H and O–H groups in total. The Bertz CT molecular complexity index is 250. The fourth-order valence-corrected chi connectivity index (χ4v) is 1.47. The van der Waals surface area contributed by atoms with Crippen molar-refractivity contribution in [3.05, 3.63) is 11.6 Å². The van der Waals surface area contributed by atoms with Crippen LogP contribution in [0.15, 0.2) is 11.6 Å². The zero-order valence-electron chi connectivity index (χ0n) is 7.62. The average molecular weight is 197 g/mol. The Morgan fingerprint density at radius 3 is 2.07 bits per heavy atom. The van der Waals surface area contributed by atoms with Crippen molar-refractivity contribution >= 4 is 11.9 Å². The van der Waals surface area contributed by atoms with Crippen LogP contribution in [-0.4, -0.2) is 25.0 Å². The number of nitrogens with one attached hydrogen (secondary N) is 1. The summed E-state index contributed by atoms with van der Waals surface area (Å²) in [5.41, 5.74) is -0.739. The van der Waals surface area contributed by atoms with Crippen molar-refractivity contribution in [1.82, 2.24) is 5.32 Å². The van der Waals surface area contributed by atoms with Crippen LogP contribution in [0.2, 0.25) is 0 Å². The van der Waals surface area contributed by atoms with Gasteiger partial charge in [-0.1, -0.05) is 6.08 Å². The SMILES string of the molecule is O=C([O-])C(=CC1CCNCC1)C(=O)[O-]. The molecule has 5 nitrogen and oxygen atoms in total. The number of allylic oxidation sites excluding steroid dienone is 1. The van der Waals surface area contributed by atoms with E-state index in [4.69, 9.17) is 0 Å². The van der Waals surface area contributed by atoms with Gasteiger partial charge in [-0.25, -0.2) is 0 Å². The van der Waals surface area contributed by atoms with E-state index in [1.807, 2.05) is 0 Å². The zero-order valence-corrected chi connectivity index (χ0v) is 7.62. The van der Waals surface area contributed by atoms with E-state index in [2.05, 4.69) is 5.32 Å². The van der Waals surface area contributed by atoms with Crippen molar-refractivity contribution in [2.24, 2.45) is 5.92 Å². The standard InChI is InChI=1S/C9H13NO4/c11-8(12)7(9(13)14)5-6-1-3-10-4-2-6/h5-6,10H,1-4H2,(H,11,12)(H,13,14)/p-2. The largest absolute Gasteiger partial charge is 0.545 e. The number of hydrogen-bond acceptors (Lipinski definition) is 5. The molecule has 0 aliphatic carbocycles. The van der Waals surface area contributed by atoms with Crippen LogP contribution >= 0.6 is 0 Å². The van der Waals surface area contributed by atoms with Gasteiger partial charge in [0, 0.05) is 5.57 Å². The van der Waals surface area contributed by atoms with Crippen molar-refractivity contribution in [2.45, 2.75) is 12.8 Å². The van der Waals surface area contributed by atoms with Crippen molar-refractivity contribution in [3.63, 3.8) is 0 Å². The zero-order chi connectivity index (χ0) is 10.6. The fourth-order valence-electron chi connectivity index (χ4n) is 1.47. The number of carboxylic acids is 2. The summed E-state index contributed by atoms with van der Waals surface area (Å²) in [6.07, 6.45) is 2.71. The summed E-state index contributed by atoms with van der Waals surface area (Å²) in [5, 5.41) is 23.9. The lowest BCUT2D eigenvalue weighted by atomic mass is 9.95. The molecule has 0 amide bonds. The Labute approximate surface area is 81.4 Å². The number of carbonyl (C=O) groups is 2. The second kappa shape index (κ2) is 4.76. The summed E-state index contributed by atoms with van der Waals surface area (Å²) >= 11 is 0. The van der Waals surface area contributed by atoms with Crippen LogP contribution in [0.4, 0.5) is 0 Å². The van der Waals surface area contributed by atoms with E-state index in [9.17, 15) is 19.8 Å². The molecule has 1 aliphatic rings. The van der Waals surface area contributed by atoms with Gasteiger partial charge in [0.15, 0.2) is 0 Å². The van der Waals surface area contributed by atoms with E-state index in [-0.39, 0.29) is 5.92 Å². The van der Waals surface area contributed by atoms with Crippen molar-refractivity contribution in [3.8, 4) is 0 Å². The predicted molar refractivity (Wildman–Crippen MR) is 43.7 cm³/mol. The van der Waals surface area contributed by atoms with E-state index in [1.165, 1.54) is 6.08 Å². The molecular formula is C9H11NO4-2. The monoisotopic (exact) mass is 197 g/mol. The molecular weight excluding hydrogens is 186 g/mol. The highest BCUT2D eigenvalue weighted by molar-refractivity contribution is 6.10. The number of carbonyl (C=O) groups excluding carboxylic acids is 2. The molecule has 0 aromatic carbocycles. The molecule has 0 bridgehead atoms. The first-order valence-electron chi connectivity index (χ1n) is 4.46.